The topological polar surface area (TPSA) is 97.0 Å². The number of nitrogens with one attached hydrogen (secondary N) is 2. The van der Waals surface area contributed by atoms with Crippen LogP contribution in [0.2, 0.25) is 0 Å². The molecule has 2 N–H and O–H groups in total. The van der Waals surface area contributed by atoms with Gasteiger partial charge in [-0.25, -0.2) is 10.3 Å². The van der Waals surface area contributed by atoms with E-state index in [0.29, 0.717) is 24.2 Å². The van der Waals surface area contributed by atoms with E-state index in [2.05, 4.69) is 37.5 Å². The number of amides is 3. The van der Waals surface area contributed by atoms with Crippen LogP contribution in [0, 0.1) is 10.8 Å². The van der Waals surface area contributed by atoms with E-state index >= 15 is 0 Å². The summed E-state index contributed by atoms with van der Waals surface area (Å²) in [5, 5.41) is 2.43. The first kappa shape index (κ1) is 22.9. The van der Waals surface area contributed by atoms with Crippen molar-refractivity contribution in [2.75, 3.05) is 20.7 Å². The van der Waals surface area contributed by atoms with Gasteiger partial charge in [-0.3, -0.25) is 14.4 Å². The molecule has 0 saturated carbocycles. The van der Waals surface area contributed by atoms with Crippen molar-refractivity contribution < 1.29 is 24.0 Å². The number of rotatable bonds is 6. The lowest BCUT2D eigenvalue weighted by Gasteiger charge is -2.36. The maximum absolute atomic E-state index is 12.9. The Morgan fingerprint density at radius 2 is 1.93 bits per heavy atom. The number of hydroxylamine groups is 1. The van der Waals surface area contributed by atoms with E-state index in [0.717, 1.165) is 17.7 Å². The van der Waals surface area contributed by atoms with Crippen molar-refractivity contribution in [3.05, 3.63) is 35.4 Å². The molecule has 1 aromatic rings. The Morgan fingerprint density at radius 3 is 2.48 bits per heavy atom. The van der Waals surface area contributed by atoms with Crippen molar-refractivity contribution in [3.63, 3.8) is 0 Å². The molecular formula is C20H24BrN3O5. The largest absolute Gasteiger partial charge is 0.357 e. The van der Waals surface area contributed by atoms with Gasteiger partial charge in [0.15, 0.2) is 11.8 Å². The maximum Gasteiger partial charge on any atom is 0.279 e. The molecule has 1 saturated heterocycles. The van der Waals surface area contributed by atoms with Crippen molar-refractivity contribution in [2.45, 2.75) is 38.0 Å². The molecule has 2 atom stereocenters. The van der Waals surface area contributed by atoms with Crippen LogP contribution in [-0.2, 0) is 19.2 Å². The zero-order chi connectivity index (χ0) is 21.4. The minimum absolute atomic E-state index is 0.312. The summed E-state index contributed by atoms with van der Waals surface area (Å²) in [5.74, 6) is 0.884. The molecule has 1 fully saturated rings. The lowest BCUT2D eigenvalue weighted by molar-refractivity contribution is -0.204. The minimum atomic E-state index is -1.84. The number of likely N-dealkylation sites (N-methyl/N-ethyl adjacent to an activating group) is 2. The molecule has 1 heterocycles. The van der Waals surface area contributed by atoms with Crippen molar-refractivity contribution in [1.29, 1.82) is 0 Å². The van der Waals surface area contributed by atoms with Gasteiger partial charge >= 0.3 is 0 Å². The van der Waals surface area contributed by atoms with Gasteiger partial charge in [0.05, 0.1) is 0 Å². The number of ether oxygens (including phenoxy) is 1. The van der Waals surface area contributed by atoms with Gasteiger partial charge in [0.2, 0.25) is 0 Å². The molecule has 1 aliphatic heterocycles. The van der Waals surface area contributed by atoms with Gasteiger partial charge in [0.25, 0.3) is 17.7 Å². The molecular weight excluding hydrogens is 442 g/mol. The second-order valence-electron chi connectivity index (χ2n) is 6.66. The van der Waals surface area contributed by atoms with Gasteiger partial charge in [0, 0.05) is 54.2 Å². The Hall–Kier alpha value is -2.41. The van der Waals surface area contributed by atoms with Crippen LogP contribution in [0.25, 0.3) is 0 Å². The quantitative estimate of drug-likeness (QED) is 0.377. The summed E-state index contributed by atoms with van der Waals surface area (Å²) in [5.41, 5.74) is 1.47. The zero-order valence-corrected chi connectivity index (χ0v) is 18.2. The summed E-state index contributed by atoms with van der Waals surface area (Å²) in [6, 6.07) is 6.52. The lowest BCUT2D eigenvalue weighted by Crippen LogP contribution is -2.65. The fourth-order valence-electron chi connectivity index (χ4n) is 2.82. The fourth-order valence-corrected chi connectivity index (χ4v) is 3.05. The van der Waals surface area contributed by atoms with Gasteiger partial charge in [-0.2, -0.15) is 0 Å². The molecule has 0 aliphatic carbocycles. The van der Waals surface area contributed by atoms with E-state index in [-0.39, 0.29) is 0 Å². The van der Waals surface area contributed by atoms with E-state index < -0.39 is 29.6 Å². The van der Waals surface area contributed by atoms with Crippen LogP contribution in [0.4, 0.5) is 0 Å². The van der Waals surface area contributed by atoms with E-state index in [4.69, 9.17) is 9.57 Å². The van der Waals surface area contributed by atoms with Gasteiger partial charge in [-0.05, 0) is 48.9 Å². The summed E-state index contributed by atoms with van der Waals surface area (Å²) in [7, 11) is 2.78. The van der Waals surface area contributed by atoms with Crippen LogP contribution in [0.3, 0.4) is 0 Å². The molecule has 156 valence electrons. The third kappa shape index (κ3) is 5.35. The van der Waals surface area contributed by atoms with Crippen molar-refractivity contribution in [3.8, 4) is 10.8 Å². The van der Waals surface area contributed by atoms with E-state index in [1.54, 1.807) is 24.3 Å². The highest BCUT2D eigenvalue weighted by atomic mass is 79.9. The number of hydrogen-bond acceptors (Lipinski definition) is 5. The van der Waals surface area contributed by atoms with Gasteiger partial charge in [0.1, 0.15) is 0 Å². The molecule has 1 aliphatic rings. The molecule has 0 aromatic heterocycles. The molecule has 8 nitrogen and oxygen atoms in total. The van der Waals surface area contributed by atoms with E-state index in [1.807, 2.05) is 0 Å². The highest BCUT2D eigenvalue weighted by Gasteiger charge is 2.47. The summed E-state index contributed by atoms with van der Waals surface area (Å²) in [6.07, 6.45) is 1.91. The highest BCUT2D eigenvalue weighted by Crippen LogP contribution is 2.19. The summed E-state index contributed by atoms with van der Waals surface area (Å²) < 4.78 is 5.40. The van der Waals surface area contributed by atoms with E-state index in [1.165, 1.54) is 21.0 Å². The van der Waals surface area contributed by atoms with Gasteiger partial charge in [-0.1, -0.05) is 5.92 Å². The van der Waals surface area contributed by atoms with Crippen molar-refractivity contribution in [2.24, 2.45) is 0 Å². The lowest BCUT2D eigenvalue weighted by atomic mass is 9.96. The minimum Gasteiger partial charge on any atom is -0.357 e. The summed E-state index contributed by atoms with van der Waals surface area (Å²) in [6.45, 7) is 1.90. The SMILES string of the molecule is CNC(=O)[C@@](C)(C(=O)NOC1CCCCO1)N(C)C(=O)c1ccc(C#CBr)cc1. The number of carbonyl (C=O) groups excluding carboxylic acids is 3. The first-order valence-electron chi connectivity index (χ1n) is 9.14. The average Bonchev–Trinajstić information content (AvgIpc) is 2.76. The first-order chi connectivity index (χ1) is 13.8. The smallest absolute Gasteiger partial charge is 0.279 e. The Bertz CT molecular complexity index is 812. The zero-order valence-electron chi connectivity index (χ0n) is 16.6. The normalized spacial score (nSPS) is 17.9. The fraction of sp³-hybridized carbons (Fsp3) is 0.450. The second kappa shape index (κ2) is 10.4. The second-order valence-corrected chi connectivity index (χ2v) is 7.05. The molecule has 2 rings (SSSR count). The molecule has 9 heteroatoms. The summed E-state index contributed by atoms with van der Waals surface area (Å²) in [4.78, 5) is 47.3. The van der Waals surface area contributed by atoms with Crippen LogP contribution >= 0.6 is 15.9 Å². The molecule has 0 bridgehead atoms. The van der Waals surface area contributed by atoms with Crippen LogP contribution in [0.1, 0.15) is 42.1 Å². The van der Waals surface area contributed by atoms with Crippen molar-refractivity contribution >= 4 is 33.7 Å². The highest BCUT2D eigenvalue weighted by molar-refractivity contribution is 9.12. The third-order valence-electron chi connectivity index (χ3n) is 4.83. The van der Waals surface area contributed by atoms with Crippen LogP contribution in [0.5, 0.6) is 0 Å². The number of benzene rings is 1. The predicted molar refractivity (Wildman–Crippen MR) is 110 cm³/mol. The maximum atomic E-state index is 12.9. The number of nitrogens with zero attached hydrogens (tertiary/aromatic N) is 1. The van der Waals surface area contributed by atoms with Gasteiger partial charge < -0.3 is 15.0 Å². The molecule has 0 radical (unpaired) electrons. The third-order valence-corrected chi connectivity index (χ3v) is 5.03. The Balaban J connectivity index is 2.18. The van der Waals surface area contributed by atoms with E-state index in [9.17, 15) is 14.4 Å². The number of carbonyl (C=O) groups is 3. The number of halogens is 1. The molecule has 0 spiro atoms. The van der Waals surface area contributed by atoms with Crippen molar-refractivity contribution in [1.82, 2.24) is 15.7 Å². The molecule has 3 amide bonds. The Labute approximate surface area is 178 Å². The Kier molecular flexibility index (Phi) is 8.20. The van der Waals surface area contributed by atoms with Crippen LogP contribution in [0.15, 0.2) is 24.3 Å². The molecule has 29 heavy (non-hydrogen) atoms. The molecule has 1 unspecified atom stereocenters. The van der Waals surface area contributed by atoms with Crippen LogP contribution in [-0.4, -0.2) is 55.2 Å². The monoisotopic (exact) mass is 465 g/mol. The Morgan fingerprint density at radius 1 is 1.24 bits per heavy atom. The standard InChI is InChI=1S/C20H24BrN3O5/c1-20(18(26)22-2,19(27)23-29-16-6-4-5-13-28-16)24(3)17(25)15-9-7-14(8-10-15)11-12-21/h7-10,16H,4-6,13H2,1-3H3,(H,22,26)(H,23,27)/t16?,20-/m0/s1. The molecule has 1 aromatic carbocycles. The predicted octanol–water partition coefficient (Wildman–Crippen LogP) is 1.54. The summed E-state index contributed by atoms with van der Waals surface area (Å²) >= 11 is 3.02. The number of hydrogen-bond donors (Lipinski definition) is 2. The van der Waals surface area contributed by atoms with Gasteiger partial charge in [-0.15, -0.1) is 0 Å². The first-order valence-corrected chi connectivity index (χ1v) is 9.93. The average molecular weight is 466 g/mol. The van der Waals surface area contributed by atoms with Crippen LogP contribution < -0.4 is 10.8 Å².